The number of sulfonamides is 2. The van der Waals surface area contributed by atoms with Crippen molar-refractivity contribution in [1.29, 1.82) is 5.26 Å². The Balaban J connectivity index is 1.98. The Hall–Kier alpha value is -1.71. The Morgan fingerprint density at radius 1 is 0.971 bits per heavy atom. The molecule has 0 fully saturated rings. The topological polar surface area (TPSA) is 95.3 Å². The summed E-state index contributed by atoms with van der Waals surface area (Å²) in [5, 5.41) is 9.93. The van der Waals surface area contributed by atoms with Gasteiger partial charge in [0.2, 0.25) is 0 Å². The minimum atomic E-state index is -4.57. The fourth-order valence-electron chi connectivity index (χ4n) is 3.98. The molecule has 0 N–H and O–H groups in total. The standard InChI is InChI=1S/C23H20Br2N2O4S3/c1-2-15-3-12-20-21(14-26)23(32-22(20)13-15)27(33(28,29)18-8-4-16(24)5-9-18)34(30,31)19-10-6-17(25)7-11-19/h4-11,15H,2-3,12-13H2,1H3/t15-/m1/s1. The van der Waals surface area contributed by atoms with Crippen LogP contribution in [0, 0.1) is 17.2 Å². The van der Waals surface area contributed by atoms with Gasteiger partial charge in [0.15, 0.2) is 0 Å². The minimum absolute atomic E-state index is 0.0740. The van der Waals surface area contributed by atoms with E-state index in [-0.39, 0.29) is 20.4 Å². The molecule has 34 heavy (non-hydrogen) atoms. The summed E-state index contributed by atoms with van der Waals surface area (Å²) >= 11 is 7.65. The Morgan fingerprint density at radius 2 is 1.47 bits per heavy atom. The third kappa shape index (κ3) is 4.58. The quantitative estimate of drug-likeness (QED) is 0.317. The van der Waals surface area contributed by atoms with Crippen molar-refractivity contribution in [2.45, 2.75) is 42.4 Å². The van der Waals surface area contributed by atoms with Crippen molar-refractivity contribution in [3.63, 3.8) is 0 Å². The Kier molecular flexibility index (Phi) is 7.27. The third-order valence-corrected chi connectivity index (χ3v) is 12.5. The van der Waals surface area contributed by atoms with E-state index in [4.69, 9.17) is 0 Å². The summed E-state index contributed by atoms with van der Waals surface area (Å²) in [6, 6.07) is 13.6. The molecule has 1 atom stereocenters. The Bertz CT molecular complexity index is 1400. The lowest BCUT2D eigenvalue weighted by Gasteiger charge is -2.23. The molecule has 1 aliphatic carbocycles. The summed E-state index contributed by atoms with van der Waals surface area (Å²) in [4.78, 5) is 0.517. The van der Waals surface area contributed by atoms with Crippen molar-refractivity contribution in [2.75, 3.05) is 3.71 Å². The highest BCUT2D eigenvalue weighted by atomic mass is 79.9. The van der Waals surface area contributed by atoms with Crippen LogP contribution in [0.1, 0.15) is 35.8 Å². The lowest BCUT2D eigenvalue weighted by atomic mass is 9.86. The fraction of sp³-hybridized carbons (Fsp3) is 0.261. The molecule has 2 aromatic carbocycles. The summed E-state index contributed by atoms with van der Waals surface area (Å²) in [6.07, 6.45) is 3.17. The molecular weight excluding hydrogens is 624 g/mol. The summed E-state index contributed by atoms with van der Waals surface area (Å²) < 4.78 is 57.2. The van der Waals surface area contributed by atoms with Crippen LogP contribution in [0.25, 0.3) is 0 Å². The number of thiophene rings is 1. The van der Waals surface area contributed by atoms with Gasteiger partial charge in [-0.15, -0.1) is 15.0 Å². The number of nitrogens with zero attached hydrogens (tertiary/aromatic N) is 2. The summed E-state index contributed by atoms with van der Waals surface area (Å²) in [5.41, 5.74) is 0.880. The van der Waals surface area contributed by atoms with E-state index < -0.39 is 20.0 Å². The summed E-state index contributed by atoms with van der Waals surface area (Å²) in [7, 11) is -9.13. The monoisotopic (exact) mass is 642 g/mol. The molecule has 4 rings (SSSR count). The second-order valence-electron chi connectivity index (χ2n) is 7.93. The van der Waals surface area contributed by atoms with Crippen LogP contribution in [0.3, 0.4) is 0 Å². The molecule has 3 aromatic rings. The van der Waals surface area contributed by atoms with Crippen LogP contribution >= 0.6 is 43.2 Å². The normalized spacial score (nSPS) is 16.0. The highest BCUT2D eigenvalue weighted by Gasteiger charge is 2.41. The van der Waals surface area contributed by atoms with E-state index in [1.54, 1.807) is 0 Å². The predicted octanol–water partition coefficient (Wildman–Crippen LogP) is 6.24. The first-order valence-electron chi connectivity index (χ1n) is 10.5. The van der Waals surface area contributed by atoms with Crippen molar-refractivity contribution in [3.8, 4) is 6.07 Å². The molecule has 11 heteroatoms. The lowest BCUT2D eigenvalue weighted by Crippen LogP contribution is -2.37. The molecule has 6 nitrogen and oxygen atoms in total. The number of nitriles is 1. The molecule has 0 saturated carbocycles. The first kappa shape index (κ1) is 25.4. The molecule has 0 unspecified atom stereocenters. The zero-order valence-electron chi connectivity index (χ0n) is 18.0. The molecule has 0 saturated heterocycles. The van der Waals surface area contributed by atoms with Crippen molar-refractivity contribution in [3.05, 3.63) is 73.5 Å². The van der Waals surface area contributed by atoms with Gasteiger partial charge in [0.25, 0.3) is 20.0 Å². The van der Waals surface area contributed by atoms with E-state index in [9.17, 15) is 22.1 Å². The van der Waals surface area contributed by atoms with Gasteiger partial charge in [-0.1, -0.05) is 45.2 Å². The van der Waals surface area contributed by atoms with E-state index in [1.807, 2.05) is 0 Å². The van der Waals surface area contributed by atoms with E-state index >= 15 is 0 Å². The van der Waals surface area contributed by atoms with Crippen molar-refractivity contribution < 1.29 is 16.8 Å². The van der Waals surface area contributed by atoms with Crippen LogP contribution in [0.15, 0.2) is 67.3 Å². The van der Waals surface area contributed by atoms with Gasteiger partial charge < -0.3 is 0 Å². The summed E-state index contributed by atoms with van der Waals surface area (Å²) in [5.74, 6) is 0.421. The Morgan fingerprint density at radius 3 is 1.91 bits per heavy atom. The first-order chi connectivity index (χ1) is 16.1. The SMILES string of the molecule is CC[C@@H]1CCc2c(sc(N(S(=O)(=O)c3ccc(Br)cc3)S(=O)(=O)c3ccc(Br)cc3)c2C#N)C1. The van der Waals surface area contributed by atoms with Gasteiger partial charge in [-0.3, -0.25) is 0 Å². The van der Waals surface area contributed by atoms with Crippen LogP contribution < -0.4 is 3.71 Å². The molecule has 0 radical (unpaired) electrons. The Labute approximate surface area is 220 Å². The molecular formula is C23H20Br2N2O4S3. The molecule has 1 heterocycles. The maximum Gasteiger partial charge on any atom is 0.278 e. The smallest absolute Gasteiger partial charge is 0.200 e. The van der Waals surface area contributed by atoms with E-state index in [0.717, 1.165) is 34.6 Å². The predicted molar refractivity (Wildman–Crippen MR) is 140 cm³/mol. The largest absolute Gasteiger partial charge is 0.278 e. The van der Waals surface area contributed by atoms with E-state index in [0.29, 0.717) is 31.4 Å². The van der Waals surface area contributed by atoms with Crippen LogP contribution in [0.2, 0.25) is 0 Å². The molecule has 1 aliphatic rings. The second-order valence-corrected chi connectivity index (χ2v) is 14.6. The number of hydrogen-bond donors (Lipinski definition) is 0. The molecule has 0 spiro atoms. The maximum atomic E-state index is 13.9. The number of halogens is 2. The van der Waals surface area contributed by atoms with Gasteiger partial charge in [0.05, 0.1) is 15.4 Å². The maximum absolute atomic E-state index is 13.9. The summed E-state index contributed by atoms with van der Waals surface area (Å²) in [6.45, 7) is 2.09. The highest BCUT2D eigenvalue weighted by molar-refractivity contribution is 9.10. The van der Waals surface area contributed by atoms with Gasteiger partial charge >= 0.3 is 0 Å². The molecule has 0 amide bonds. The zero-order valence-corrected chi connectivity index (χ0v) is 23.7. The number of anilines is 1. The van der Waals surface area contributed by atoms with Crippen molar-refractivity contribution >= 4 is 68.2 Å². The molecule has 1 aromatic heterocycles. The average Bonchev–Trinajstić information content (AvgIpc) is 3.15. The van der Waals surface area contributed by atoms with Crippen LogP contribution in [-0.2, 0) is 32.9 Å². The third-order valence-electron chi connectivity index (χ3n) is 5.86. The number of benzene rings is 2. The number of fused-ring (bicyclic) bond motifs is 1. The first-order valence-corrected chi connectivity index (χ1v) is 15.7. The van der Waals surface area contributed by atoms with Crippen LogP contribution in [0.5, 0.6) is 0 Å². The minimum Gasteiger partial charge on any atom is -0.200 e. The van der Waals surface area contributed by atoms with E-state index in [1.165, 1.54) is 48.5 Å². The zero-order chi connectivity index (χ0) is 24.7. The lowest BCUT2D eigenvalue weighted by molar-refractivity contribution is 0.450. The van der Waals surface area contributed by atoms with Crippen LogP contribution in [-0.4, -0.2) is 16.8 Å². The van der Waals surface area contributed by atoms with Gasteiger partial charge in [-0.2, -0.15) is 22.1 Å². The van der Waals surface area contributed by atoms with Gasteiger partial charge in [0.1, 0.15) is 11.1 Å². The highest BCUT2D eigenvalue weighted by Crippen LogP contribution is 2.45. The van der Waals surface area contributed by atoms with Gasteiger partial charge in [-0.25, -0.2) is 0 Å². The second kappa shape index (κ2) is 9.74. The average molecular weight is 644 g/mol. The van der Waals surface area contributed by atoms with Crippen LogP contribution in [0.4, 0.5) is 5.00 Å². The number of rotatable bonds is 6. The van der Waals surface area contributed by atoms with Gasteiger partial charge in [-0.05, 0) is 79.3 Å². The molecule has 178 valence electrons. The van der Waals surface area contributed by atoms with Crippen molar-refractivity contribution in [1.82, 2.24) is 0 Å². The van der Waals surface area contributed by atoms with Gasteiger partial charge in [0, 0.05) is 13.8 Å². The van der Waals surface area contributed by atoms with Crippen molar-refractivity contribution in [2.24, 2.45) is 5.92 Å². The fourth-order valence-corrected chi connectivity index (χ4v) is 10.1. The molecule has 0 aliphatic heterocycles. The van der Waals surface area contributed by atoms with E-state index in [2.05, 4.69) is 44.9 Å². The number of hydrogen-bond acceptors (Lipinski definition) is 6. The molecule has 0 bridgehead atoms.